The average molecular weight is 264 g/mol. The monoisotopic (exact) mass is 264 g/mol. The molecule has 1 aliphatic rings. The molecule has 1 aliphatic carbocycles. The van der Waals surface area contributed by atoms with Crippen LogP contribution in [0.1, 0.15) is 49.0 Å². The Bertz CT molecular complexity index is 475. The number of primary amides is 1. The number of aromatic nitrogens is 2. The molecule has 19 heavy (non-hydrogen) atoms. The predicted octanol–water partition coefficient (Wildman–Crippen LogP) is 0.728. The van der Waals surface area contributed by atoms with Crippen LogP contribution in [0.25, 0.3) is 0 Å². The summed E-state index contributed by atoms with van der Waals surface area (Å²) in [6, 6.07) is 0. The molecule has 0 atom stereocenters. The first-order chi connectivity index (χ1) is 9.01. The lowest BCUT2D eigenvalue weighted by atomic mass is 9.79. The van der Waals surface area contributed by atoms with E-state index in [0.29, 0.717) is 5.69 Å². The SMILES string of the molecule is Cn1cnc(C(=O)NC2(CC(N)=O)CCCCC2)c1. The topological polar surface area (TPSA) is 90.0 Å². The Labute approximate surface area is 112 Å². The molecule has 2 rings (SSSR count). The number of nitrogens with one attached hydrogen (secondary N) is 1. The van der Waals surface area contributed by atoms with Crippen molar-refractivity contribution in [2.24, 2.45) is 12.8 Å². The molecule has 104 valence electrons. The number of nitrogens with two attached hydrogens (primary N) is 1. The fourth-order valence-electron chi connectivity index (χ4n) is 2.74. The van der Waals surface area contributed by atoms with Gasteiger partial charge in [-0.25, -0.2) is 4.98 Å². The van der Waals surface area contributed by atoms with Gasteiger partial charge in [-0.2, -0.15) is 0 Å². The maximum absolute atomic E-state index is 12.2. The normalized spacial score (nSPS) is 17.9. The summed E-state index contributed by atoms with van der Waals surface area (Å²) >= 11 is 0. The van der Waals surface area contributed by atoms with Gasteiger partial charge in [0.05, 0.1) is 6.33 Å². The highest BCUT2D eigenvalue weighted by molar-refractivity contribution is 5.93. The first-order valence-corrected chi connectivity index (χ1v) is 6.60. The van der Waals surface area contributed by atoms with E-state index in [4.69, 9.17) is 5.73 Å². The van der Waals surface area contributed by atoms with Crippen LogP contribution in [0, 0.1) is 0 Å². The summed E-state index contributed by atoms with van der Waals surface area (Å²) in [5, 5.41) is 2.98. The number of aryl methyl sites for hydroxylation is 1. The maximum Gasteiger partial charge on any atom is 0.271 e. The minimum absolute atomic E-state index is 0.200. The second-order valence-corrected chi connectivity index (χ2v) is 5.36. The maximum atomic E-state index is 12.2. The molecule has 2 amide bonds. The smallest absolute Gasteiger partial charge is 0.271 e. The average Bonchev–Trinajstić information content (AvgIpc) is 2.76. The van der Waals surface area contributed by atoms with Crippen LogP contribution in [-0.4, -0.2) is 26.9 Å². The fraction of sp³-hybridized carbons (Fsp3) is 0.615. The van der Waals surface area contributed by atoms with E-state index < -0.39 is 5.54 Å². The second-order valence-electron chi connectivity index (χ2n) is 5.36. The summed E-state index contributed by atoms with van der Waals surface area (Å²) in [6.45, 7) is 0. The third-order valence-corrected chi connectivity index (χ3v) is 3.64. The van der Waals surface area contributed by atoms with Crippen LogP contribution < -0.4 is 11.1 Å². The minimum Gasteiger partial charge on any atom is -0.370 e. The van der Waals surface area contributed by atoms with Crippen LogP contribution in [0.3, 0.4) is 0 Å². The molecular weight excluding hydrogens is 244 g/mol. The molecule has 0 bridgehead atoms. The van der Waals surface area contributed by atoms with E-state index in [2.05, 4.69) is 10.3 Å². The van der Waals surface area contributed by atoms with E-state index in [1.165, 1.54) is 0 Å². The zero-order chi connectivity index (χ0) is 13.9. The molecule has 0 aliphatic heterocycles. The van der Waals surface area contributed by atoms with Crippen molar-refractivity contribution in [2.75, 3.05) is 0 Å². The molecule has 0 radical (unpaired) electrons. The Morgan fingerprint density at radius 3 is 2.63 bits per heavy atom. The van der Waals surface area contributed by atoms with E-state index >= 15 is 0 Å². The Morgan fingerprint density at radius 1 is 1.42 bits per heavy atom. The number of nitrogens with zero attached hydrogens (tertiary/aromatic N) is 2. The molecule has 1 fully saturated rings. The van der Waals surface area contributed by atoms with Gasteiger partial charge in [0.15, 0.2) is 0 Å². The molecule has 6 nitrogen and oxygen atoms in total. The quantitative estimate of drug-likeness (QED) is 0.840. The predicted molar refractivity (Wildman–Crippen MR) is 70.3 cm³/mol. The standard InChI is InChI=1S/C13H20N4O2/c1-17-8-10(15-9-17)12(19)16-13(7-11(14)18)5-3-2-4-6-13/h8-9H,2-7H2,1H3,(H2,14,18)(H,16,19). The largest absolute Gasteiger partial charge is 0.370 e. The van der Waals surface area contributed by atoms with Gasteiger partial charge in [-0.3, -0.25) is 9.59 Å². The van der Waals surface area contributed by atoms with Gasteiger partial charge in [0.2, 0.25) is 5.91 Å². The molecule has 0 unspecified atom stereocenters. The number of carbonyl (C=O) groups is 2. The zero-order valence-electron chi connectivity index (χ0n) is 11.2. The highest BCUT2D eigenvalue weighted by atomic mass is 16.2. The summed E-state index contributed by atoms with van der Waals surface area (Å²) in [6.07, 6.45) is 8.20. The first-order valence-electron chi connectivity index (χ1n) is 6.60. The first kappa shape index (κ1) is 13.6. The molecular formula is C13H20N4O2. The van der Waals surface area contributed by atoms with Crippen LogP contribution in [0.15, 0.2) is 12.5 Å². The number of hydrogen-bond acceptors (Lipinski definition) is 3. The zero-order valence-corrected chi connectivity index (χ0v) is 11.2. The lowest BCUT2D eigenvalue weighted by molar-refractivity contribution is -0.119. The molecule has 0 aromatic carbocycles. The van der Waals surface area contributed by atoms with E-state index in [0.717, 1.165) is 32.1 Å². The van der Waals surface area contributed by atoms with Crippen molar-refractivity contribution in [3.05, 3.63) is 18.2 Å². The van der Waals surface area contributed by atoms with Crippen molar-refractivity contribution >= 4 is 11.8 Å². The van der Waals surface area contributed by atoms with Gasteiger partial charge >= 0.3 is 0 Å². The molecule has 0 saturated heterocycles. The van der Waals surface area contributed by atoms with Gasteiger partial charge < -0.3 is 15.6 Å². The molecule has 1 heterocycles. The summed E-state index contributed by atoms with van der Waals surface area (Å²) in [4.78, 5) is 27.4. The molecule has 1 aromatic heterocycles. The van der Waals surface area contributed by atoms with Crippen LogP contribution in [0.2, 0.25) is 0 Å². The number of carbonyl (C=O) groups excluding carboxylic acids is 2. The van der Waals surface area contributed by atoms with Crippen molar-refractivity contribution in [2.45, 2.75) is 44.1 Å². The fourth-order valence-corrected chi connectivity index (χ4v) is 2.74. The highest BCUT2D eigenvalue weighted by Crippen LogP contribution is 2.31. The summed E-state index contributed by atoms with van der Waals surface area (Å²) < 4.78 is 1.72. The van der Waals surface area contributed by atoms with E-state index in [1.54, 1.807) is 17.1 Å². The Morgan fingerprint density at radius 2 is 2.11 bits per heavy atom. The Kier molecular flexibility index (Phi) is 3.87. The van der Waals surface area contributed by atoms with Gasteiger partial charge in [0, 0.05) is 25.2 Å². The lowest BCUT2D eigenvalue weighted by Crippen LogP contribution is -2.52. The van der Waals surface area contributed by atoms with Gasteiger partial charge in [-0.15, -0.1) is 0 Å². The lowest BCUT2D eigenvalue weighted by Gasteiger charge is -2.37. The van der Waals surface area contributed by atoms with E-state index in [-0.39, 0.29) is 18.2 Å². The minimum atomic E-state index is -0.487. The molecule has 1 saturated carbocycles. The number of imidazole rings is 1. The summed E-state index contributed by atoms with van der Waals surface area (Å²) in [5.74, 6) is -0.605. The van der Waals surface area contributed by atoms with E-state index in [9.17, 15) is 9.59 Å². The summed E-state index contributed by atoms with van der Waals surface area (Å²) in [7, 11) is 1.81. The van der Waals surface area contributed by atoms with Crippen LogP contribution in [-0.2, 0) is 11.8 Å². The van der Waals surface area contributed by atoms with Gasteiger partial charge in [-0.1, -0.05) is 19.3 Å². The van der Waals surface area contributed by atoms with Gasteiger partial charge in [-0.05, 0) is 12.8 Å². The second kappa shape index (κ2) is 5.42. The van der Waals surface area contributed by atoms with E-state index in [1.807, 2.05) is 7.05 Å². The third-order valence-electron chi connectivity index (χ3n) is 3.64. The van der Waals surface area contributed by atoms with Crippen LogP contribution in [0.4, 0.5) is 0 Å². The molecule has 6 heteroatoms. The number of amides is 2. The molecule has 0 spiro atoms. The summed E-state index contributed by atoms with van der Waals surface area (Å²) in [5.41, 5.74) is 5.20. The van der Waals surface area contributed by atoms with Gasteiger partial charge in [0.1, 0.15) is 5.69 Å². The van der Waals surface area contributed by atoms with Crippen LogP contribution in [0.5, 0.6) is 0 Å². The van der Waals surface area contributed by atoms with Crippen molar-refractivity contribution in [1.29, 1.82) is 0 Å². The van der Waals surface area contributed by atoms with Crippen LogP contribution >= 0.6 is 0 Å². The number of hydrogen-bond donors (Lipinski definition) is 2. The Balaban J connectivity index is 2.11. The number of rotatable bonds is 4. The van der Waals surface area contributed by atoms with Crippen molar-refractivity contribution < 1.29 is 9.59 Å². The third kappa shape index (κ3) is 3.33. The van der Waals surface area contributed by atoms with Crippen molar-refractivity contribution in [3.63, 3.8) is 0 Å². The Hall–Kier alpha value is -1.85. The van der Waals surface area contributed by atoms with Crippen molar-refractivity contribution in [1.82, 2.24) is 14.9 Å². The highest BCUT2D eigenvalue weighted by Gasteiger charge is 2.35. The molecule has 3 N–H and O–H groups in total. The van der Waals surface area contributed by atoms with Crippen molar-refractivity contribution in [3.8, 4) is 0 Å². The van der Waals surface area contributed by atoms with Gasteiger partial charge in [0.25, 0.3) is 5.91 Å². The molecule has 1 aromatic rings.